The maximum absolute atomic E-state index is 14.2. The summed E-state index contributed by atoms with van der Waals surface area (Å²) in [7, 11) is 1.57. The number of carboxylic acid groups (broad SMARTS) is 1. The first-order valence-corrected chi connectivity index (χ1v) is 13.1. The molecule has 0 spiro atoms. The lowest BCUT2D eigenvalue weighted by Gasteiger charge is -2.37. The Bertz CT molecular complexity index is 1380. The molecule has 0 bridgehead atoms. The lowest BCUT2D eigenvalue weighted by Crippen LogP contribution is -2.50. The molecule has 39 heavy (non-hydrogen) atoms. The van der Waals surface area contributed by atoms with E-state index >= 15 is 0 Å². The second kappa shape index (κ2) is 11.9. The van der Waals surface area contributed by atoms with Gasteiger partial charge in [-0.3, -0.25) is 4.79 Å². The summed E-state index contributed by atoms with van der Waals surface area (Å²) in [6.45, 7) is 0.585. The highest BCUT2D eigenvalue weighted by molar-refractivity contribution is 5.91. The normalized spacial score (nSPS) is 14.5. The first-order valence-electron chi connectivity index (χ1n) is 13.1. The van der Waals surface area contributed by atoms with Gasteiger partial charge < -0.3 is 19.5 Å². The predicted octanol–water partition coefficient (Wildman–Crippen LogP) is 5.49. The fourth-order valence-corrected chi connectivity index (χ4v) is 5.24. The molecule has 6 nitrogen and oxygen atoms in total. The fraction of sp³-hybridized carbons (Fsp3) is 0.212. The number of aliphatic carboxylic acids is 1. The van der Waals surface area contributed by atoms with Crippen molar-refractivity contribution < 1.29 is 24.2 Å². The molecule has 1 amide bonds. The van der Waals surface area contributed by atoms with Crippen molar-refractivity contribution in [1.29, 1.82) is 0 Å². The molecule has 0 fully saturated rings. The van der Waals surface area contributed by atoms with E-state index in [1.807, 2.05) is 103 Å². The molecular formula is C33H31NO5. The number of benzene rings is 4. The Morgan fingerprint density at radius 1 is 0.872 bits per heavy atom. The SMILES string of the molecule is COc1ccc2c(c1OCCc1ccccc1)C[C@@H](C(=O)O)N(C(=O)C(c1ccccc1)c1ccccc1)C2. The number of ether oxygens (including phenoxy) is 2. The lowest BCUT2D eigenvalue weighted by molar-refractivity contribution is -0.151. The molecular weight excluding hydrogens is 490 g/mol. The van der Waals surface area contributed by atoms with Crippen molar-refractivity contribution in [2.45, 2.75) is 31.3 Å². The zero-order valence-electron chi connectivity index (χ0n) is 21.8. The van der Waals surface area contributed by atoms with E-state index in [2.05, 4.69) is 0 Å². The van der Waals surface area contributed by atoms with Crippen LogP contribution in [0.25, 0.3) is 0 Å². The van der Waals surface area contributed by atoms with Gasteiger partial charge in [0.1, 0.15) is 6.04 Å². The van der Waals surface area contributed by atoms with Gasteiger partial charge >= 0.3 is 5.97 Å². The molecule has 1 atom stereocenters. The number of carbonyl (C=O) groups is 2. The zero-order valence-corrected chi connectivity index (χ0v) is 21.8. The summed E-state index contributed by atoms with van der Waals surface area (Å²) in [6, 6.07) is 31.7. The number of hydrogen-bond acceptors (Lipinski definition) is 4. The van der Waals surface area contributed by atoms with Gasteiger partial charge in [-0.2, -0.15) is 0 Å². The van der Waals surface area contributed by atoms with Crippen molar-refractivity contribution in [2.24, 2.45) is 0 Å². The summed E-state index contributed by atoms with van der Waals surface area (Å²) in [6.07, 6.45) is 0.834. The molecule has 198 valence electrons. The molecule has 0 aliphatic carbocycles. The van der Waals surface area contributed by atoms with Crippen LogP contribution in [-0.2, 0) is 29.0 Å². The van der Waals surface area contributed by atoms with Crippen molar-refractivity contribution in [3.63, 3.8) is 0 Å². The Kier molecular flexibility index (Phi) is 7.92. The molecule has 0 aromatic heterocycles. The van der Waals surface area contributed by atoms with Crippen molar-refractivity contribution in [2.75, 3.05) is 13.7 Å². The van der Waals surface area contributed by atoms with Gasteiger partial charge in [0.25, 0.3) is 0 Å². The Balaban J connectivity index is 1.47. The summed E-state index contributed by atoms with van der Waals surface area (Å²) >= 11 is 0. The van der Waals surface area contributed by atoms with Gasteiger partial charge in [0.2, 0.25) is 5.91 Å². The molecule has 4 aromatic rings. The second-order valence-corrected chi connectivity index (χ2v) is 9.60. The number of hydrogen-bond donors (Lipinski definition) is 1. The monoisotopic (exact) mass is 521 g/mol. The molecule has 0 unspecified atom stereocenters. The van der Waals surface area contributed by atoms with E-state index in [0.29, 0.717) is 24.5 Å². The number of carboxylic acids is 1. The van der Waals surface area contributed by atoms with Crippen LogP contribution in [0, 0.1) is 0 Å². The summed E-state index contributed by atoms with van der Waals surface area (Å²) in [5, 5.41) is 10.3. The molecule has 1 aliphatic rings. The second-order valence-electron chi connectivity index (χ2n) is 9.60. The molecule has 1 heterocycles. The Morgan fingerprint density at radius 2 is 1.46 bits per heavy atom. The smallest absolute Gasteiger partial charge is 0.326 e. The van der Waals surface area contributed by atoms with E-state index in [1.54, 1.807) is 7.11 Å². The van der Waals surface area contributed by atoms with Crippen molar-refractivity contribution in [3.05, 3.63) is 131 Å². The minimum absolute atomic E-state index is 0.130. The maximum Gasteiger partial charge on any atom is 0.326 e. The van der Waals surface area contributed by atoms with Crippen LogP contribution in [-0.4, -0.2) is 41.6 Å². The maximum atomic E-state index is 14.2. The Labute approximate surface area is 228 Å². The standard InChI is InChI=1S/C33H31NO5/c1-38-29-18-17-26-22-34(32(35)30(24-13-7-3-8-14-24)25-15-9-4-10-16-25)28(33(36)37)21-27(26)31(29)39-20-19-23-11-5-2-6-12-23/h2-18,28,30H,19-22H2,1H3,(H,36,37)/t28-/m0/s1. The molecule has 0 radical (unpaired) electrons. The molecule has 5 rings (SSSR count). The van der Waals surface area contributed by atoms with Crippen molar-refractivity contribution in [3.8, 4) is 11.5 Å². The van der Waals surface area contributed by atoms with E-state index in [9.17, 15) is 14.7 Å². The summed E-state index contributed by atoms with van der Waals surface area (Å²) in [5.74, 6) is -0.806. The predicted molar refractivity (Wildman–Crippen MR) is 149 cm³/mol. The van der Waals surface area contributed by atoms with E-state index in [4.69, 9.17) is 9.47 Å². The summed E-state index contributed by atoms with van der Waals surface area (Å²) in [4.78, 5) is 28.2. The van der Waals surface area contributed by atoms with Crippen LogP contribution in [0.4, 0.5) is 0 Å². The van der Waals surface area contributed by atoms with E-state index in [1.165, 1.54) is 4.90 Å². The van der Waals surface area contributed by atoms with Crippen LogP contribution in [0.15, 0.2) is 103 Å². The number of amides is 1. The number of carbonyl (C=O) groups excluding carboxylic acids is 1. The highest BCUT2D eigenvalue weighted by atomic mass is 16.5. The van der Waals surface area contributed by atoms with Gasteiger partial charge in [-0.15, -0.1) is 0 Å². The van der Waals surface area contributed by atoms with Crippen LogP contribution in [0.2, 0.25) is 0 Å². The van der Waals surface area contributed by atoms with Gasteiger partial charge in [0, 0.05) is 24.9 Å². The highest BCUT2D eigenvalue weighted by Gasteiger charge is 2.40. The largest absolute Gasteiger partial charge is 0.493 e. The molecule has 0 saturated carbocycles. The molecule has 1 aliphatic heterocycles. The lowest BCUT2D eigenvalue weighted by atomic mass is 9.87. The Morgan fingerprint density at radius 3 is 2.03 bits per heavy atom. The van der Waals surface area contributed by atoms with E-state index in [0.717, 1.165) is 27.8 Å². The van der Waals surface area contributed by atoms with Gasteiger partial charge in [0.15, 0.2) is 11.5 Å². The minimum atomic E-state index is -1.05. The first kappa shape index (κ1) is 26.0. The third-order valence-corrected chi connectivity index (χ3v) is 7.22. The minimum Gasteiger partial charge on any atom is -0.493 e. The van der Waals surface area contributed by atoms with Crippen LogP contribution < -0.4 is 9.47 Å². The third-order valence-electron chi connectivity index (χ3n) is 7.22. The van der Waals surface area contributed by atoms with Gasteiger partial charge in [-0.05, 0) is 28.3 Å². The molecule has 1 N–H and O–H groups in total. The van der Waals surface area contributed by atoms with Crippen molar-refractivity contribution >= 4 is 11.9 Å². The van der Waals surface area contributed by atoms with Gasteiger partial charge in [-0.25, -0.2) is 4.79 Å². The zero-order chi connectivity index (χ0) is 27.2. The molecule has 4 aromatic carbocycles. The fourth-order valence-electron chi connectivity index (χ4n) is 5.24. The number of nitrogens with zero attached hydrogens (tertiary/aromatic N) is 1. The average molecular weight is 522 g/mol. The van der Waals surface area contributed by atoms with Crippen molar-refractivity contribution in [1.82, 2.24) is 4.90 Å². The average Bonchev–Trinajstić information content (AvgIpc) is 2.98. The Hall–Kier alpha value is -4.58. The quantitative estimate of drug-likeness (QED) is 0.315. The van der Waals surface area contributed by atoms with Gasteiger partial charge in [-0.1, -0.05) is 97.1 Å². The summed E-state index contributed by atoms with van der Waals surface area (Å²) in [5.41, 5.74) is 4.42. The first-order chi connectivity index (χ1) is 19.1. The van der Waals surface area contributed by atoms with E-state index in [-0.39, 0.29) is 18.9 Å². The number of methoxy groups -OCH3 is 1. The summed E-state index contributed by atoms with van der Waals surface area (Å²) < 4.78 is 11.8. The molecule has 6 heteroatoms. The van der Waals surface area contributed by atoms with Crippen LogP contribution >= 0.6 is 0 Å². The number of fused-ring (bicyclic) bond motifs is 1. The topological polar surface area (TPSA) is 76.1 Å². The van der Waals surface area contributed by atoms with Crippen LogP contribution in [0.3, 0.4) is 0 Å². The van der Waals surface area contributed by atoms with E-state index < -0.39 is 17.9 Å². The highest BCUT2D eigenvalue weighted by Crippen LogP contribution is 2.40. The number of rotatable bonds is 9. The van der Waals surface area contributed by atoms with Gasteiger partial charge in [0.05, 0.1) is 19.6 Å². The molecule has 0 saturated heterocycles. The third kappa shape index (κ3) is 5.65. The van der Waals surface area contributed by atoms with Crippen LogP contribution in [0.5, 0.6) is 11.5 Å². The van der Waals surface area contributed by atoms with Crippen LogP contribution in [0.1, 0.15) is 33.7 Å².